The molecule has 0 saturated carbocycles. The van der Waals surface area contributed by atoms with E-state index in [0.717, 1.165) is 5.56 Å². The highest BCUT2D eigenvalue weighted by Crippen LogP contribution is 2.20. The van der Waals surface area contributed by atoms with Crippen LogP contribution in [0.4, 0.5) is 4.39 Å². The van der Waals surface area contributed by atoms with Crippen LogP contribution in [0.3, 0.4) is 0 Å². The predicted octanol–water partition coefficient (Wildman–Crippen LogP) is 4.29. The zero-order chi connectivity index (χ0) is 13.0. The minimum absolute atomic E-state index is 0.00759. The highest BCUT2D eigenvalue weighted by Gasteiger charge is 2.11. The highest BCUT2D eigenvalue weighted by molar-refractivity contribution is 7.07. The second kappa shape index (κ2) is 6.12. The summed E-state index contributed by atoms with van der Waals surface area (Å²) in [7, 11) is 0. The Hall–Kier alpha value is -1.19. The molecule has 1 nitrogen and oxygen atoms in total. The Bertz CT molecular complexity index is 516. The van der Waals surface area contributed by atoms with Crippen LogP contribution in [-0.4, -0.2) is 5.78 Å². The van der Waals surface area contributed by atoms with E-state index in [0.29, 0.717) is 23.4 Å². The van der Waals surface area contributed by atoms with E-state index in [1.165, 1.54) is 12.1 Å². The molecule has 0 N–H and O–H groups in total. The topological polar surface area (TPSA) is 17.1 Å². The third kappa shape index (κ3) is 3.40. The van der Waals surface area contributed by atoms with E-state index in [1.807, 2.05) is 16.8 Å². The Balaban J connectivity index is 1.95. The largest absolute Gasteiger partial charge is 0.299 e. The second-order valence-electron chi connectivity index (χ2n) is 4.05. The SMILES string of the molecule is O=C(CCc1ccsc1)Cc1c(F)cccc1Cl. The van der Waals surface area contributed by atoms with Crippen LogP contribution in [0.5, 0.6) is 0 Å². The minimum atomic E-state index is -0.411. The van der Waals surface area contributed by atoms with Gasteiger partial charge < -0.3 is 0 Å². The molecule has 0 aliphatic heterocycles. The van der Waals surface area contributed by atoms with Gasteiger partial charge in [0.25, 0.3) is 0 Å². The molecular formula is C14H12ClFOS. The zero-order valence-corrected chi connectivity index (χ0v) is 11.2. The van der Waals surface area contributed by atoms with Crippen molar-refractivity contribution in [2.24, 2.45) is 0 Å². The van der Waals surface area contributed by atoms with Crippen molar-refractivity contribution in [3.05, 3.63) is 57.0 Å². The average Bonchev–Trinajstić information content (AvgIpc) is 2.84. The Kier molecular flexibility index (Phi) is 4.50. The number of ketones is 1. The molecule has 1 aromatic heterocycles. The Morgan fingerprint density at radius 1 is 1.33 bits per heavy atom. The molecule has 4 heteroatoms. The summed E-state index contributed by atoms with van der Waals surface area (Å²) >= 11 is 7.49. The first-order valence-corrected chi connectivity index (χ1v) is 6.94. The molecule has 2 rings (SSSR count). The maximum atomic E-state index is 13.5. The molecule has 0 unspecified atom stereocenters. The zero-order valence-electron chi connectivity index (χ0n) is 9.66. The number of hydrogen-bond acceptors (Lipinski definition) is 2. The fourth-order valence-electron chi connectivity index (χ4n) is 1.71. The van der Waals surface area contributed by atoms with E-state index in [9.17, 15) is 9.18 Å². The number of benzene rings is 1. The molecule has 1 heterocycles. The van der Waals surface area contributed by atoms with Gasteiger partial charge in [-0.3, -0.25) is 4.79 Å². The Labute approximate surface area is 114 Å². The smallest absolute Gasteiger partial charge is 0.137 e. The van der Waals surface area contributed by atoms with Gasteiger partial charge in [0.1, 0.15) is 11.6 Å². The monoisotopic (exact) mass is 282 g/mol. The average molecular weight is 283 g/mol. The van der Waals surface area contributed by atoms with Gasteiger partial charge in [0.05, 0.1) is 0 Å². The molecule has 0 aliphatic carbocycles. The predicted molar refractivity (Wildman–Crippen MR) is 72.8 cm³/mol. The molecule has 2 aromatic rings. The molecule has 0 radical (unpaired) electrons. The van der Waals surface area contributed by atoms with Crippen molar-refractivity contribution in [2.75, 3.05) is 0 Å². The second-order valence-corrected chi connectivity index (χ2v) is 5.23. The number of Topliss-reactive ketones (excluding diaryl/α,β-unsaturated/α-hetero) is 1. The number of carbonyl (C=O) groups is 1. The molecule has 94 valence electrons. The molecular weight excluding hydrogens is 271 g/mol. The van der Waals surface area contributed by atoms with Gasteiger partial charge in [-0.05, 0) is 40.9 Å². The standard InChI is InChI=1S/C14H12ClFOS/c15-13-2-1-3-14(16)12(13)8-11(17)5-4-10-6-7-18-9-10/h1-3,6-7,9H,4-5,8H2. The maximum absolute atomic E-state index is 13.5. The third-order valence-electron chi connectivity index (χ3n) is 2.71. The van der Waals surface area contributed by atoms with E-state index in [1.54, 1.807) is 17.4 Å². The van der Waals surface area contributed by atoms with E-state index >= 15 is 0 Å². The molecule has 0 aliphatic rings. The quantitative estimate of drug-likeness (QED) is 0.800. The number of hydrogen-bond donors (Lipinski definition) is 0. The summed E-state index contributed by atoms with van der Waals surface area (Å²) < 4.78 is 13.5. The lowest BCUT2D eigenvalue weighted by Gasteiger charge is -2.04. The molecule has 0 saturated heterocycles. The van der Waals surface area contributed by atoms with Crippen LogP contribution in [0.15, 0.2) is 35.0 Å². The van der Waals surface area contributed by atoms with Gasteiger partial charge in [0.15, 0.2) is 0 Å². The van der Waals surface area contributed by atoms with E-state index in [2.05, 4.69) is 0 Å². The number of thiophene rings is 1. The molecule has 0 spiro atoms. The minimum Gasteiger partial charge on any atom is -0.299 e. The number of carbonyl (C=O) groups excluding carboxylic acids is 1. The van der Waals surface area contributed by atoms with Crippen molar-refractivity contribution in [3.8, 4) is 0 Å². The van der Waals surface area contributed by atoms with E-state index < -0.39 is 5.82 Å². The summed E-state index contributed by atoms with van der Waals surface area (Å²) in [6.45, 7) is 0. The molecule has 0 fully saturated rings. The van der Waals surface area contributed by atoms with Crippen molar-refractivity contribution >= 4 is 28.7 Å². The first-order valence-electron chi connectivity index (χ1n) is 5.62. The van der Waals surface area contributed by atoms with Crippen molar-refractivity contribution < 1.29 is 9.18 Å². The van der Waals surface area contributed by atoms with Crippen molar-refractivity contribution in [3.63, 3.8) is 0 Å². The first-order chi connectivity index (χ1) is 8.66. The maximum Gasteiger partial charge on any atom is 0.137 e. The van der Waals surface area contributed by atoms with Crippen molar-refractivity contribution in [1.82, 2.24) is 0 Å². The van der Waals surface area contributed by atoms with Crippen molar-refractivity contribution in [1.29, 1.82) is 0 Å². The van der Waals surface area contributed by atoms with Crippen LogP contribution in [0.25, 0.3) is 0 Å². The fourth-order valence-corrected chi connectivity index (χ4v) is 2.64. The summed E-state index contributed by atoms with van der Waals surface area (Å²) in [5, 5.41) is 4.32. The molecule has 18 heavy (non-hydrogen) atoms. The summed E-state index contributed by atoms with van der Waals surface area (Å²) in [5.41, 5.74) is 1.45. The Morgan fingerprint density at radius 3 is 2.83 bits per heavy atom. The third-order valence-corrected chi connectivity index (χ3v) is 3.79. The lowest BCUT2D eigenvalue weighted by Crippen LogP contribution is -2.06. The highest BCUT2D eigenvalue weighted by atomic mass is 35.5. The number of rotatable bonds is 5. The number of halogens is 2. The van der Waals surface area contributed by atoms with Crippen LogP contribution < -0.4 is 0 Å². The fraction of sp³-hybridized carbons (Fsp3) is 0.214. The molecule has 0 bridgehead atoms. The summed E-state index contributed by atoms with van der Waals surface area (Å²) in [4.78, 5) is 11.8. The van der Waals surface area contributed by atoms with Crippen LogP contribution >= 0.6 is 22.9 Å². The van der Waals surface area contributed by atoms with Crippen molar-refractivity contribution in [2.45, 2.75) is 19.3 Å². The van der Waals surface area contributed by atoms with Crippen LogP contribution in [0.2, 0.25) is 5.02 Å². The van der Waals surface area contributed by atoms with Gasteiger partial charge in [0.2, 0.25) is 0 Å². The van der Waals surface area contributed by atoms with Gasteiger partial charge in [-0.15, -0.1) is 0 Å². The Morgan fingerprint density at radius 2 is 2.17 bits per heavy atom. The van der Waals surface area contributed by atoms with Gasteiger partial charge in [-0.25, -0.2) is 4.39 Å². The van der Waals surface area contributed by atoms with Gasteiger partial charge >= 0.3 is 0 Å². The first kappa shape index (κ1) is 13.2. The van der Waals surface area contributed by atoms with Gasteiger partial charge in [-0.2, -0.15) is 11.3 Å². The van der Waals surface area contributed by atoms with E-state index in [-0.39, 0.29) is 12.2 Å². The summed E-state index contributed by atoms with van der Waals surface area (Å²) in [5.74, 6) is -0.403. The van der Waals surface area contributed by atoms with E-state index in [4.69, 9.17) is 11.6 Å². The summed E-state index contributed by atoms with van der Waals surface area (Å²) in [6, 6.07) is 6.46. The summed E-state index contributed by atoms with van der Waals surface area (Å²) in [6.07, 6.45) is 1.19. The van der Waals surface area contributed by atoms with Gasteiger partial charge in [0, 0.05) is 23.4 Å². The van der Waals surface area contributed by atoms with Crippen LogP contribution in [0.1, 0.15) is 17.5 Å². The molecule has 1 aromatic carbocycles. The van der Waals surface area contributed by atoms with Crippen LogP contribution in [-0.2, 0) is 17.6 Å². The molecule has 0 amide bonds. The lowest BCUT2D eigenvalue weighted by atomic mass is 10.0. The lowest BCUT2D eigenvalue weighted by molar-refractivity contribution is -0.118. The van der Waals surface area contributed by atoms with Gasteiger partial charge in [-0.1, -0.05) is 17.7 Å². The molecule has 0 atom stereocenters. The number of aryl methyl sites for hydroxylation is 1. The normalized spacial score (nSPS) is 10.6. The van der Waals surface area contributed by atoms with Crippen LogP contribution in [0, 0.1) is 5.82 Å².